The van der Waals surface area contributed by atoms with Crippen molar-refractivity contribution in [3.63, 3.8) is 0 Å². The molecule has 1 aromatic carbocycles. The van der Waals surface area contributed by atoms with E-state index in [0.717, 1.165) is 0 Å². The van der Waals surface area contributed by atoms with Gasteiger partial charge in [-0.3, -0.25) is 0 Å². The Kier molecular flexibility index (Phi) is 2.23. The predicted molar refractivity (Wildman–Crippen MR) is 34.9 cm³/mol. The summed E-state index contributed by atoms with van der Waals surface area (Å²) in [6, 6.07) is 4.46. The van der Waals surface area contributed by atoms with E-state index < -0.39 is 0 Å². The monoisotopic (exact) mass is 306 g/mol. The molecule has 1 rings (SSSR count). The average Bonchev–Trinajstić information content (AvgIpc) is 1.94. The summed E-state index contributed by atoms with van der Waals surface area (Å²) in [5.41, 5.74) is 0.690. The van der Waals surface area contributed by atoms with Crippen LogP contribution in [0.25, 0.3) is 0 Å². The minimum absolute atomic E-state index is 0.185. The summed E-state index contributed by atoms with van der Waals surface area (Å²) in [6.07, 6.45) is 0. The second-order valence-electron chi connectivity index (χ2n) is 1.86. The molecule has 1 aromatic rings. The van der Waals surface area contributed by atoms with E-state index >= 15 is 0 Å². The number of aromatic hydroxyl groups is 2. The van der Waals surface area contributed by atoms with E-state index in [1.165, 1.54) is 37.6 Å². The van der Waals surface area contributed by atoms with Crippen LogP contribution in [0.4, 0.5) is 0 Å². The molecule has 0 atom stereocenters. The standard InChI is InChI=1S/C7H6O2.W/c1-5-4-6(8)2-3-7(5)9;/h1-4,8-9H;. The van der Waals surface area contributed by atoms with Crippen molar-refractivity contribution in [3.05, 3.63) is 23.8 Å². The van der Waals surface area contributed by atoms with Crippen LogP contribution < -0.4 is 0 Å². The van der Waals surface area contributed by atoms with Gasteiger partial charge in [0, 0.05) is 0 Å². The molecule has 0 aliphatic heterocycles. The van der Waals surface area contributed by atoms with Crippen molar-refractivity contribution in [1.82, 2.24) is 0 Å². The molecule has 0 saturated carbocycles. The van der Waals surface area contributed by atoms with Gasteiger partial charge in [0.25, 0.3) is 0 Å². The zero-order valence-electron chi connectivity index (χ0n) is 5.11. The Morgan fingerprint density at radius 1 is 1.30 bits per heavy atom. The van der Waals surface area contributed by atoms with Gasteiger partial charge in [-0.2, -0.15) is 0 Å². The number of benzene rings is 1. The molecule has 0 aromatic heterocycles. The van der Waals surface area contributed by atoms with Crippen LogP contribution in [0.1, 0.15) is 5.56 Å². The van der Waals surface area contributed by atoms with Crippen LogP contribution in [-0.4, -0.2) is 14.6 Å². The normalized spacial score (nSPS) is 9.20. The quantitative estimate of drug-likeness (QED) is 0.753. The van der Waals surface area contributed by atoms with E-state index in [9.17, 15) is 0 Å². The van der Waals surface area contributed by atoms with E-state index in [1.807, 2.05) is 4.40 Å². The van der Waals surface area contributed by atoms with E-state index in [4.69, 9.17) is 10.2 Å². The van der Waals surface area contributed by atoms with Crippen LogP contribution in [-0.2, 0) is 19.4 Å². The van der Waals surface area contributed by atoms with Crippen LogP contribution in [0.5, 0.6) is 11.5 Å². The summed E-state index contributed by atoms with van der Waals surface area (Å²) in [7, 11) is 0. The van der Waals surface area contributed by atoms with Crippen molar-refractivity contribution >= 4 is 4.40 Å². The first kappa shape index (κ1) is 7.48. The van der Waals surface area contributed by atoms with Gasteiger partial charge in [0.1, 0.15) is 0 Å². The van der Waals surface area contributed by atoms with E-state index in [1.54, 1.807) is 0 Å². The second kappa shape index (κ2) is 2.98. The molecule has 2 nitrogen and oxygen atoms in total. The fourth-order valence-electron chi connectivity index (χ4n) is 0.636. The average molecular weight is 306 g/mol. The van der Waals surface area contributed by atoms with Crippen molar-refractivity contribution in [2.75, 3.05) is 0 Å². The number of hydrogen-bond donors (Lipinski definition) is 2. The molecule has 0 amide bonds. The Bertz CT molecular complexity index is 258. The van der Waals surface area contributed by atoms with Gasteiger partial charge in [-0.25, -0.2) is 0 Å². The second-order valence-corrected chi connectivity index (χ2v) is 2.71. The van der Waals surface area contributed by atoms with Gasteiger partial charge in [0.15, 0.2) is 0 Å². The van der Waals surface area contributed by atoms with Crippen LogP contribution in [0.3, 0.4) is 0 Å². The number of phenols is 2. The number of hydrogen-bond acceptors (Lipinski definition) is 2. The van der Waals surface area contributed by atoms with Crippen molar-refractivity contribution in [2.24, 2.45) is 0 Å². The Hall–Kier alpha value is -0.622. The number of phenolic OH excluding ortho intramolecular Hbond substituents is 2. The van der Waals surface area contributed by atoms with Gasteiger partial charge in [0.05, 0.1) is 0 Å². The summed E-state index contributed by atoms with van der Waals surface area (Å²) in [5, 5.41) is 18.1. The van der Waals surface area contributed by atoms with Gasteiger partial charge in [0.2, 0.25) is 0 Å². The molecular weight excluding hydrogens is 300 g/mol. The van der Waals surface area contributed by atoms with Crippen molar-refractivity contribution < 1.29 is 29.6 Å². The fraction of sp³-hybridized carbons (Fsp3) is 0. The third kappa shape index (κ3) is 1.45. The topological polar surface area (TPSA) is 40.5 Å². The molecule has 0 aliphatic rings. The van der Waals surface area contributed by atoms with Gasteiger partial charge in [-0.15, -0.1) is 0 Å². The maximum absolute atomic E-state index is 9.11. The Morgan fingerprint density at radius 2 is 2.00 bits per heavy atom. The first-order valence-corrected chi connectivity index (χ1v) is 4.40. The molecule has 0 radical (unpaired) electrons. The van der Waals surface area contributed by atoms with Crippen LogP contribution >= 0.6 is 0 Å². The third-order valence-corrected chi connectivity index (χ3v) is 2.05. The molecule has 0 heterocycles. The maximum atomic E-state index is 9.11. The van der Waals surface area contributed by atoms with Crippen molar-refractivity contribution in [1.29, 1.82) is 0 Å². The molecule has 0 aliphatic carbocycles. The van der Waals surface area contributed by atoms with Gasteiger partial charge in [-0.05, 0) is 0 Å². The van der Waals surface area contributed by atoms with E-state index in [-0.39, 0.29) is 11.5 Å². The van der Waals surface area contributed by atoms with Crippen molar-refractivity contribution in [3.8, 4) is 11.5 Å². The minimum atomic E-state index is 0.185. The Morgan fingerprint density at radius 3 is 2.50 bits per heavy atom. The molecular formula is C7H6O2W. The zero-order chi connectivity index (χ0) is 7.56. The molecule has 3 heteroatoms. The Labute approximate surface area is 69.5 Å². The molecule has 0 unspecified atom stereocenters. The molecule has 0 bridgehead atoms. The van der Waals surface area contributed by atoms with E-state index in [2.05, 4.69) is 0 Å². The molecule has 52 valence electrons. The first-order valence-electron chi connectivity index (χ1n) is 2.71. The first-order chi connectivity index (χ1) is 4.74. The molecule has 0 spiro atoms. The van der Waals surface area contributed by atoms with Crippen LogP contribution in [0.2, 0.25) is 0 Å². The Balaban J connectivity index is 3.21. The SMILES string of the molecule is Oc1ccc(O)c([CH]=[W])c1. The van der Waals surface area contributed by atoms with E-state index in [0.29, 0.717) is 5.56 Å². The van der Waals surface area contributed by atoms with Crippen LogP contribution in [0.15, 0.2) is 18.2 Å². The zero-order valence-corrected chi connectivity index (χ0v) is 8.05. The van der Waals surface area contributed by atoms with Crippen LogP contribution in [0, 0.1) is 0 Å². The van der Waals surface area contributed by atoms with Gasteiger partial charge < -0.3 is 0 Å². The molecule has 0 fully saturated rings. The van der Waals surface area contributed by atoms with Gasteiger partial charge in [-0.1, -0.05) is 0 Å². The van der Waals surface area contributed by atoms with Gasteiger partial charge >= 0.3 is 69.2 Å². The number of rotatable bonds is 1. The summed E-state index contributed by atoms with van der Waals surface area (Å²) < 4.78 is 1.81. The fourth-order valence-corrected chi connectivity index (χ4v) is 1.31. The summed E-state index contributed by atoms with van der Waals surface area (Å²) in [6.45, 7) is 0. The summed E-state index contributed by atoms with van der Waals surface area (Å²) in [4.78, 5) is 0. The molecule has 2 N–H and O–H groups in total. The molecule has 10 heavy (non-hydrogen) atoms. The molecule has 0 saturated heterocycles. The van der Waals surface area contributed by atoms with Crippen molar-refractivity contribution in [2.45, 2.75) is 0 Å². The summed E-state index contributed by atoms with van der Waals surface area (Å²) in [5.74, 6) is 0.401. The third-order valence-electron chi connectivity index (χ3n) is 1.14. The summed E-state index contributed by atoms with van der Waals surface area (Å²) >= 11 is 1.25. The predicted octanol–water partition coefficient (Wildman–Crippen LogP) is 0.795.